The lowest BCUT2D eigenvalue weighted by atomic mass is 9.91. The first-order valence-corrected chi connectivity index (χ1v) is 8.88. The maximum Gasteiger partial charge on any atom is 0.325 e. The lowest BCUT2D eigenvalue weighted by molar-refractivity contribution is -0.138. The van der Waals surface area contributed by atoms with E-state index in [1.807, 2.05) is 6.07 Å². The van der Waals surface area contributed by atoms with Gasteiger partial charge in [0, 0.05) is 13.1 Å². The molecule has 2 heterocycles. The van der Waals surface area contributed by atoms with Crippen molar-refractivity contribution in [2.45, 2.75) is 38.1 Å². The van der Waals surface area contributed by atoms with E-state index in [1.165, 1.54) is 0 Å². The van der Waals surface area contributed by atoms with Gasteiger partial charge in [0.2, 0.25) is 5.91 Å². The Kier molecular flexibility index (Phi) is 4.94. The molecule has 2 saturated heterocycles. The Morgan fingerprint density at radius 1 is 1.15 bits per heavy atom. The molecule has 0 saturated carbocycles. The van der Waals surface area contributed by atoms with Gasteiger partial charge in [0.1, 0.15) is 12.1 Å². The third-order valence-corrected chi connectivity index (χ3v) is 5.12. The number of carbonyl (C=O) groups is 3. The van der Waals surface area contributed by atoms with Crippen molar-refractivity contribution in [3.8, 4) is 6.07 Å². The molecule has 1 aromatic carbocycles. The molecule has 0 aromatic heterocycles. The number of benzene rings is 1. The van der Waals surface area contributed by atoms with Crippen LogP contribution < -0.4 is 5.32 Å². The molecule has 1 unspecified atom stereocenters. The van der Waals surface area contributed by atoms with E-state index >= 15 is 0 Å². The van der Waals surface area contributed by atoms with Gasteiger partial charge >= 0.3 is 6.03 Å². The number of carbonyl (C=O) groups excluding carboxylic acids is 3. The highest BCUT2D eigenvalue weighted by atomic mass is 16.2. The van der Waals surface area contributed by atoms with Crippen molar-refractivity contribution in [1.82, 2.24) is 15.1 Å². The second kappa shape index (κ2) is 7.16. The average Bonchev–Trinajstić information content (AvgIpc) is 2.86. The fraction of sp³-hybridized carbons (Fsp3) is 0.474. The van der Waals surface area contributed by atoms with Crippen LogP contribution >= 0.6 is 0 Å². The van der Waals surface area contributed by atoms with Gasteiger partial charge in [0.25, 0.3) is 5.91 Å². The van der Waals surface area contributed by atoms with Crippen LogP contribution in [0.5, 0.6) is 0 Å². The van der Waals surface area contributed by atoms with Crippen LogP contribution in [-0.2, 0) is 15.1 Å². The topological polar surface area (TPSA) is 93.5 Å². The summed E-state index contributed by atoms with van der Waals surface area (Å²) in [7, 11) is 0. The number of imide groups is 1. The molecule has 1 aromatic rings. The van der Waals surface area contributed by atoms with Gasteiger partial charge in [-0.2, -0.15) is 5.26 Å². The van der Waals surface area contributed by atoms with Gasteiger partial charge in [-0.15, -0.1) is 0 Å². The Morgan fingerprint density at radius 2 is 1.77 bits per heavy atom. The first-order valence-electron chi connectivity index (χ1n) is 8.88. The Balaban J connectivity index is 1.75. The van der Waals surface area contributed by atoms with Crippen molar-refractivity contribution in [3.63, 3.8) is 0 Å². The SMILES string of the molecule is CC1(c2ccc(C#N)cc2)NC(=O)N(CC(=O)N2CCCCCC2)C1=O. The van der Waals surface area contributed by atoms with Gasteiger partial charge in [-0.3, -0.25) is 14.5 Å². The molecule has 2 aliphatic heterocycles. The van der Waals surface area contributed by atoms with E-state index in [9.17, 15) is 14.4 Å². The summed E-state index contributed by atoms with van der Waals surface area (Å²) in [5.41, 5.74) is -0.175. The normalized spacial score (nSPS) is 23.4. The Morgan fingerprint density at radius 3 is 2.35 bits per heavy atom. The lowest BCUT2D eigenvalue weighted by Gasteiger charge is -2.24. The first kappa shape index (κ1) is 17.9. The van der Waals surface area contributed by atoms with E-state index in [-0.39, 0.29) is 12.5 Å². The van der Waals surface area contributed by atoms with Gasteiger partial charge in [0.05, 0.1) is 11.6 Å². The number of nitrogens with zero attached hydrogens (tertiary/aromatic N) is 3. The van der Waals surface area contributed by atoms with Crippen molar-refractivity contribution in [1.29, 1.82) is 5.26 Å². The summed E-state index contributed by atoms with van der Waals surface area (Å²) in [4.78, 5) is 40.5. The van der Waals surface area contributed by atoms with Crippen LogP contribution in [0.4, 0.5) is 4.79 Å². The van der Waals surface area contributed by atoms with Crippen molar-refractivity contribution in [3.05, 3.63) is 35.4 Å². The van der Waals surface area contributed by atoms with Crippen LogP contribution in [0.2, 0.25) is 0 Å². The molecule has 4 amide bonds. The lowest BCUT2D eigenvalue weighted by Crippen LogP contribution is -2.44. The summed E-state index contributed by atoms with van der Waals surface area (Å²) in [5.74, 6) is -0.644. The summed E-state index contributed by atoms with van der Waals surface area (Å²) in [6, 6.07) is 7.96. The molecule has 1 N–H and O–H groups in total. The van der Waals surface area contributed by atoms with E-state index in [1.54, 1.807) is 36.1 Å². The Labute approximate surface area is 152 Å². The minimum atomic E-state index is -1.23. The summed E-state index contributed by atoms with van der Waals surface area (Å²) in [6.07, 6.45) is 4.11. The van der Waals surface area contributed by atoms with Gasteiger partial charge in [-0.1, -0.05) is 25.0 Å². The number of hydrogen-bond acceptors (Lipinski definition) is 4. The zero-order chi connectivity index (χ0) is 18.7. The first-order chi connectivity index (χ1) is 12.5. The van der Waals surface area contributed by atoms with Crippen LogP contribution in [0.25, 0.3) is 0 Å². The van der Waals surface area contributed by atoms with Crippen LogP contribution in [-0.4, -0.2) is 47.3 Å². The summed E-state index contributed by atoms with van der Waals surface area (Å²) in [6.45, 7) is 2.73. The summed E-state index contributed by atoms with van der Waals surface area (Å²) >= 11 is 0. The fourth-order valence-electron chi connectivity index (χ4n) is 3.47. The molecule has 26 heavy (non-hydrogen) atoms. The minimum Gasteiger partial charge on any atom is -0.341 e. The minimum absolute atomic E-state index is 0.195. The third-order valence-electron chi connectivity index (χ3n) is 5.12. The molecule has 3 rings (SSSR count). The Bertz CT molecular complexity index is 760. The number of hydrogen-bond donors (Lipinski definition) is 1. The second-order valence-corrected chi connectivity index (χ2v) is 6.93. The fourth-order valence-corrected chi connectivity index (χ4v) is 3.47. The molecule has 0 radical (unpaired) electrons. The van der Waals surface area contributed by atoms with Crippen LogP contribution in [0.1, 0.15) is 43.7 Å². The highest BCUT2D eigenvalue weighted by Gasteiger charge is 2.49. The van der Waals surface area contributed by atoms with E-state index in [2.05, 4.69) is 5.32 Å². The monoisotopic (exact) mass is 354 g/mol. The van der Waals surface area contributed by atoms with Crippen LogP contribution in [0.15, 0.2) is 24.3 Å². The standard InChI is InChI=1S/C19H22N4O3/c1-19(15-8-6-14(12-20)7-9-15)17(25)23(18(26)21-19)13-16(24)22-10-4-2-3-5-11-22/h6-9H,2-5,10-11,13H2,1H3,(H,21,26). The number of rotatable bonds is 3. The maximum atomic E-state index is 12.9. The zero-order valence-electron chi connectivity index (χ0n) is 14.8. The molecule has 0 aliphatic carbocycles. The molecule has 2 aliphatic rings. The van der Waals surface area contributed by atoms with E-state index < -0.39 is 17.5 Å². The van der Waals surface area contributed by atoms with Crippen molar-refractivity contribution < 1.29 is 14.4 Å². The number of likely N-dealkylation sites (tertiary alicyclic amines) is 1. The third kappa shape index (κ3) is 3.27. The molecular formula is C19H22N4O3. The largest absolute Gasteiger partial charge is 0.341 e. The molecule has 2 fully saturated rings. The number of urea groups is 1. The van der Waals surface area contributed by atoms with Gasteiger partial charge in [0.15, 0.2) is 0 Å². The quantitative estimate of drug-likeness (QED) is 0.837. The Hall–Kier alpha value is -2.88. The smallest absolute Gasteiger partial charge is 0.325 e. The molecular weight excluding hydrogens is 332 g/mol. The van der Waals surface area contributed by atoms with Gasteiger partial charge < -0.3 is 10.2 Å². The summed E-state index contributed by atoms with van der Waals surface area (Å²) < 4.78 is 0. The molecule has 1 atom stereocenters. The molecule has 7 heteroatoms. The number of nitrogens with one attached hydrogen (secondary N) is 1. The second-order valence-electron chi connectivity index (χ2n) is 6.93. The number of amides is 4. The molecule has 0 spiro atoms. The highest BCUT2D eigenvalue weighted by molar-refractivity contribution is 6.09. The predicted molar refractivity (Wildman–Crippen MR) is 93.8 cm³/mol. The van der Waals surface area contributed by atoms with Crippen LogP contribution in [0.3, 0.4) is 0 Å². The van der Waals surface area contributed by atoms with Gasteiger partial charge in [-0.05, 0) is 37.5 Å². The average molecular weight is 354 g/mol. The van der Waals surface area contributed by atoms with Crippen LogP contribution in [0, 0.1) is 11.3 Å². The van der Waals surface area contributed by atoms with Crippen molar-refractivity contribution in [2.75, 3.05) is 19.6 Å². The highest BCUT2D eigenvalue weighted by Crippen LogP contribution is 2.29. The van der Waals surface area contributed by atoms with Gasteiger partial charge in [-0.25, -0.2) is 4.79 Å². The predicted octanol–water partition coefficient (Wildman–Crippen LogP) is 1.73. The van der Waals surface area contributed by atoms with E-state index in [0.717, 1.165) is 30.6 Å². The molecule has 7 nitrogen and oxygen atoms in total. The van der Waals surface area contributed by atoms with Crippen molar-refractivity contribution >= 4 is 17.8 Å². The number of nitriles is 1. The van der Waals surface area contributed by atoms with Crippen molar-refractivity contribution in [2.24, 2.45) is 0 Å². The molecule has 0 bridgehead atoms. The van der Waals surface area contributed by atoms with E-state index in [4.69, 9.17) is 5.26 Å². The maximum absolute atomic E-state index is 12.9. The van der Waals surface area contributed by atoms with E-state index in [0.29, 0.717) is 24.2 Å². The molecule has 136 valence electrons. The zero-order valence-corrected chi connectivity index (χ0v) is 14.8. The summed E-state index contributed by atoms with van der Waals surface area (Å²) in [5, 5.41) is 11.6.